The minimum absolute atomic E-state index is 0.000313. The Labute approximate surface area is 233 Å². The van der Waals surface area contributed by atoms with Crippen LogP contribution in [0.1, 0.15) is 41.0 Å². The van der Waals surface area contributed by atoms with Gasteiger partial charge in [0.1, 0.15) is 0 Å². The molecule has 0 atom stereocenters. The highest BCUT2D eigenvalue weighted by atomic mass is 19.4. The van der Waals surface area contributed by atoms with Gasteiger partial charge in [-0.05, 0) is 68.1 Å². The number of hydrogen-bond donors (Lipinski definition) is 3. The molecule has 0 saturated carbocycles. The van der Waals surface area contributed by atoms with Crippen molar-refractivity contribution in [2.45, 2.75) is 32.0 Å². The van der Waals surface area contributed by atoms with Gasteiger partial charge in [0.05, 0.1) is 5.56 Å². The number of carbonyl (C=O) groups is 3. The van der Waals surface area contributed by atoms with Crippen molar-refractivity contribution in [3.8, 4) is 11.5 Å². The fourth-order valence-corrected chi connectivity index (χ4v) is 4.12. The molecule has 13 heteroatoms. The Hall–Kier alpha value is -4.52. The molecule has 0 aliphatic carbocycles. The maximum atomic E-state index is 12.7. The number of rotatable bonds is 9. The molecule has 0 spiro atoms. The van der Waals surface area contributed by atoms with Crippen molar-refractivity contribution in [3.63, 3.8) is 0 Å². The number of piperidine rings is 1. The van der Waals surface area contributed by atoms with Crippen LogP contribution in [0.25, 0.3) is 11.5 Å². The molecule has 218 valence electrons. The standard InChI is InChI=1S/C24H25F3N4O2.C4H4O4/c25-24(26,27)20-8-6-19(7-9-20)23-29-21(30-33-23)22(32)28-13-10-17-11-14-31(15-12-17)16-18-4-2-1-3-5-18;5-3(6)1-2-4(7)8/h1-9,17H,10-16H2,(H,28,32);1-2H,(H,5,6)(H,7,8)/b;2-1+. The van der Waals surface area contributed by atoms with E-state index in [0.717, 1.165) is 51.0 Å². The van der Waals surface area contributed by atoms with Crippen molar-refractivity contribution in [3.05, 3.63) is 83.7 Å². The van der Waals surface area contributed by atoms with Crippen LogP contribution in [0.4, 0.5) is 13.2 Å². The average Bonchev–Trinajstić information content (AvgIpc) is 3.44. The molecule has 4 rings (SSSR count). The Morgan fingerprint density at radius 3 is 2.15 bits per heavy atom. The van der Waals surface area contributed by atoms with E-state index in [2.05, 4.69) is 44.6 Å². The highest BCUT2D eigenvalue weighted by Gasteiger charge is 2.30. The minimum Gasteiger partial charge on any atom is -0.478 e. The summed E-state index contributed by atoms with van der Waals surface area (Å²) in [6.45, 7) is 3.54. The second-order valence-electron chi connectivity index (χ2n) is 9.26. The summed E-state index contributed by atoms with van der Waals surface area (Å²) >= 11 is 0. The molecule has 2 heterocycles. The van der Waals surface area contributed by atoms with Crippen molar-refractivity contribution in [2.75, 3.05) is 19.6 Å². The summed E-state index contributed by atoms with van der Waals surface area (Å²) in [5.74, 6) is -2.56. The summed E-state index contributed by atoms with van der Waals surface area (Å²) < 4.78 is 43.1. The molecule has 1 fully saturated rings. The van der Waals surface area contributed by atoms with Gasteiger partial charge in [-0.25, -0.2) is 9.59 Å². The Bertz CT molecular complexity index is 1300. The monoisotopic (exact) mass is 574 g/mol. The molecule has 1 amide bonds. The molecule has 1 aliphatic heterocycles. The predicted molar refractivity (Wildman–Crippen MR) is 141 cm³/mol. The highest BCUT2D eigenvalue weighted by molar-refractivity contribution is 5.90. The third kappa shape index (κ3) is 10.5. The Morgan fingerprint density at radius 2 is 1.59 bits per heavy atom. The molecule has 41 heavy (non-hydrogen) atoms. The molecule has 3 N–H and O–H groups in total. The smallest absolute Gasteiger partial charge is 0.416 e. The van der Waals surface area contributed by atoms with E-state index in [1.54, 1.807) is 0 Å². The molecular weight excluding hydrogens is 545 g/mol. The van der Waals surface area contributed by atoms with E-state index in [4.69, 9.17) is 14.7 Å². The van der Waals surface area contributed by atoms with E-state index in [1.807, 2.05) is 6.07 Å². The number of nitrogens with one attached hydrogen (secondary N) is 1. The summed E-state index contributed by atoms with van der Waals surface area (Å²) in [5.41, 5.74) is 0.866. The molecule has 0 radical (unpaired) electrons. The lowest BCUT2D eigenvalue weighted by Crippen LogP contribution is -2.35. The first-order valence-corrected chi connectivity index (χ1v) is 12.7. The number of nitrogens with zero attached hydrogens (tertiary/aromatic N) is 3. The van der Waals surface area contributed by atoms with Gasteiger partial charge >= 0.3 is 18.1 Å². The van der Waals surface area contributed by atoms with E-state index >= 15 is 0 Å². The van der Waals surface area contributed by atoms with Crippen LogP contribution in [0.3, 0.4) is 0 Å². The summed E-state index contributed by atoms with van der Waals surface area (Å²) in [7, 11) is 0. The molecule has 3 aromatic rings. The quantitative estimate of drug-likeness (QED) is 0.315. The molecular formula is C28H29F3N4O6. The molecule has 10 nitrogen and oxygen atoms in total. The van der Waals surface area contributed by atoms with E-state index in [9.17, 15) is 27.6 Å². The zero-order chi connectivity index (χ0) is 29.8. The molecule has 2 aromatic carbocycles. The second kappa shape index (κ2) is 14.7. The van der Waals surface area contributed by atoms with E-state index in [1.165, 1.54) is 17.7 Å². The van der Waals surface area contributed by atoms with Gasteiger partial charge in [-0.3, -0.25) is 9.69 Å². The van der Waals surface area contributed by atoms with Crippen molar-refractivity contribution in [2.24, 2.45) is 5.92 Å². The first-order chi connectivity index (χ1) is 19.5. The lowest BCUT2D eigenvalue weighted by atomic mass is 9.93. The Balaban J connectivity index is 0.000000507. The van der Waals surface area contributed by atoms with E-state index in [-0.39, 0.29) is 11.7 Å². The maximum absolute atomic E-state index is 12.7. The van der Waals surface area contributed by atoms with Gasteiger partial charge in [0.25, 0.3) is 17.6 Å². The number of carbonyl (C=O) groups excluding carboxylic acids is 1. The number of hydrogen-bond acceptors (Lipinski definition) is 7. The van der Waals surface area contributed by atoms with Crippen LogP contribution in [0.15, 0.2) is 71.3 Å². The van der Waals surface area contributed by atoms with Gasteiger partial charge in [0.15, 0.2) is 0 Å². The summed E-state index contributed by atoms with van der Waals surface area (Å²) in [4.78, 5) is 37.9. The lowest BCUT2D eigenvalue weighted by molar-refractivity contribution is -0.137. The number of carboxylic acid groups (broad SMARTS) is 2. The van der Waals surface area contributed by atoms with Crippen LogP contribution >= 0.6 is 0 Å². The van der Waals surface area contributed by atoms with Crippen molar-refractivity contribution in [1.29, 1.82) is 0 Å². The number of likely N-dealkylation sites (tertiary alicyclic amines) is 1. The Morgan fingerprint density at radius 1 is 0.976 bits per heavy atom. The third-order valence-corrected chi connectivity index (χ3v) is 6.25. The number of aromatic nitrogens is 2. The average molecular weight is 575 g/mol. The third-order valence-electron chi connectivity index (χ3n) is 6.25. The van der Waals surface area contributed by atoms with E-state index in [0.29, 0.717) is 30.2 Å². The lowest BCUT2D eigenvalue weighted by Gasteiger charge is -2.32. The number of halogens is 3. The van der Waals surface area contributed by atoms with Gasteiger partial charge in [-0.1, -0.05) is 35.5 Å². The summed E-state index contributed by atoms with van der Waals surface area (Å²) in [6, 6.07) is 14.8. The predicted octanol–water partition coefficient (Wildman–Crippen LogP) is 4.50. The molecule has 0 bridgehead atoms. The van der Waals surface area contributed by atoms with E-state index < -0.39 is 29.6 Å². The van der Waals surface area contributed by atoms with Gasteiger partial charge in [-0.15, -0.1) is 0 Å². The van der Waals surface area contributed by atoms with Crippen LogP contribution < -0.4 is 5.32 Å². The molecule has 1 aromatic heterocycles. The molecule has 1 saturated heterocycles. The van der Waals surface area contributed by atoms with Crippen molar-refractivity contribution < 1.29 is 42.3 Å². The van der Waals surface area contributed by atoms with Gasteiger partial charge in [0, 0.05) is 30.8 Å². The maximum Gasteiger partial charge on any atom is 0.416 e. The first-order valence-electron chi connectivity index (χ1n) is 12.7. The zero-order valence-corrected chi connectivity index (χ0v) is 21.9. The Kier molecular flexibility index (Phi) is 11.2. The topological polar surface area (TPSA) is 146 Å². The molecule has 1 aliphatic rings. The van der Waals surface area contributed by atoms with Gasteiger partial charge < -0.3 is 20.1 Å². The number of aliphatic carboxylic acids is 2. The van der Waals surface area contributed by atoms with Gasteiger partial charge in [0.2, 0.25) is 0 Å². The fraction of sp³-hybridized carbons (Fsp3) is 0.321. The summed E-state index contributed by atoms with van der Waals surface area (Å²) in [6.07, 6.45) is -0.262. The number of benzene rings is 2. The molecule has 0 unspecified atom stereocenters. The SMILES string of the molecule is O=C(NCCC1CCN(Cc2ccccc2)CC1)c1noc(-c2ccc(C(F)(F)F)cc2)n1.O=C(O)/C=C/C(=O)O. The number of carboxylic acids is 2. The highest BCUT2D eigenvalue weighted by Crippen LogP contribution is 2.30. The fourth-order valence-electron chi connectivity index (χ4n) is 4.12. The van der Waals surface area contributed by atoms with Crippen LogP contribution in [0.5, 0.6) is 0 Å². The van der Waals surface area contributed by atoms with Crippen molar-refractivity contribution in [1.82, 2.24) is 20.4 Å². The van der Waals surface area contributed by atoms with Crippen LogP contribution in [0.2, 0.25) is 0 Å². The van der Waals surface area contributed by atoms with Gasteiger partial charge in [-0.2, -0.15) is 18.2 Å². The van der Waals surface area contributed by atoms with Crippen LogP contribution in [-0.4, -0.2) is 62.7 Å². The first kappa shape index (κ1) is 31.0. The largest absolute Gasteiger partial charge is 0.478 e. The van der Waals surface area contributed by atoms with Crippen LogP contribution in [-0.2, 0) is 22.3 Å². The van der Waals surface area contributed by atoms with Crippen molar-refractivity contribution >= 4 is 17.8 Å². The van der Waals surface area contributed by atoms with Crippen LogP contribution in [0, 0.1) is 5.92 Å². The second-order valence-corrected chi connectivity index (χ2v) is 9.26. The minimum atomic E-state index is -4.42. The summed E-state index contributed by atoms with van der Waals surface area (Å²) in [5, 5.41) is 22.1. The number of amides is 1. The normalized spacial score (nSPS) is 14.3. The zero-order valence-electron chi connectivity index (χ0n) is 21.9. The number of alkyl halides is 3.